The minimum Gasteiger partial charge on any atom is -0.425 e. The molecule has 0 spiro atoms. The van der Waals surface area contributed by atoms with E-state index in [4.69, 9.17) is 4.74 Å². The van der Waals surface area contributed by atoms with Crippen molar-refractivity contribution in [2.24, 2.45) is 0 Å². The lowest BCUT2D eigenvalue weighted by Gasteiger charge is -2.03. The van der Waals surface area contributed by atoms with E-state index in [2.05, 4.69) is 20.5 Å². The van der Waals surface area contributed by atoms with Gasteiger partial charge in [-0.25, -0.2) is 4.98 Å². The maximum absolute atomic E-state index is 11.2. The minimum atomic E-state index is -0.260. The zero-order valence-corrected chi connectivity index (χ0v) is 9.28. The number of tetrazole rings is 1. The Bertz CT molecular complexity index is 480. The van der Waals surface area contributed by atoms with E-state index < -0.39 is 0 Å². The summed E-state index contributed by atoms with van der Waals surface area (Å²) in [6, 6.07) is 3.32. The van der Waals surface area contributed by atoms with E-state index in [0.29, 0.717) is 18.0 Å². The van der Waals surface area contributed by atoms with Crippen molar-refractivity contribution in [2.45, 2.75) is 19.8 Å². The molecule has 0 aliphatic heterocycles. The number of pyridine rings is 1. The van der Waals surface area contributed by atoms with Crippen molar-refractivity contribution < 1.29 is 9.53 Å². The Labute approximate surface area is 97.4 Å². The molecule has 0 bridgehead atoms. The Morgan fingerprint density at radius 1 is 1.47 bits per heavy atom. The largest absolute Gasteiger partial charge is 0.425 e. The SMILES string of the molecule is CCCC(=O)Oc1ccc(-n2cnnn2)nc1. The van der Waals surface area contributed by atoms with E-state index in [1.54, 1.807) is 12.1 Å². The molecule has 0 radical (unpaired) electrons. The van der Waals surface area contributed by atoms with Crippen LogP contribution in [0.15, 0.2) is 24.7 Å². The van der Waals surface area contributed by atoms with Crippen LogP contribution in [0.3, 0.4) is 0 Å². The van der Waals surface area contributed by atoms with Crippen molar-refractivity contribution in [1.82, 2.24) is 25.2 Å². The smallest absolute Gasteiger partial charge is 0.311 e. The Morgan fingerprint density at radius 3 is 2.94 bits per heavy atom. The monoisotopic (exact) mass is 233 g/mol. The molecule has 0 unspecified atom stereocenters. The first-order chi connectivity index (χ1) is 8.29. The molecule has 2 aromatic heterocycles. The fourth-order valence-electron chi connectivity index (χ4n) is 1.22. The first-order valence-electron chi connectivity index (χ1n) is 5.19. The maximum atomic E-state index is 11.2. The molecule has 2 aromatic rings. The normalized spacial score (nSPS) is 10.2. The van der Waals surface area contributed by atoms with Crippen LogP contribution in [-0.2, 0) is 4.79 Å². The molecule has 17 heavy (non-hydrogen) atoms. The number of hydrogen-bond acceptors (Lipinski definition) is 6. The van der Waals surface area contributed by atoms with E-state index in [1.165, 1.54) is 17.2 Å². The Balaban J connectivity index is 2.06. The summed E-state index contributed by atoms with van der Waals surface area (Å²) in [6.07, 6.45) is 4.05. The van der Waals surface area contributed by atoms with Crippen LogP contribution in [0.1, 0.15) is 19.8 Å². The lowest BCUT2D eigenvalue weighted by Crippen LogP contribution is -2.07. The summed E-state index contributed by atoms with van der Waals surface area (Å²) in [5.41, 5.74) is 0. The van der Waals surface area contributed by atoms with E-state index >= 15 is 0 Å². The van der Waals surface area contributed by atoms with E-state index in [0.717, 1.165) is 6.42 Å². The number of hydrogen-bond donors (Lipinski definition) is 0. The maximum Gasteiger partial charge on any atom is 0.311 e. The molecule has 2 heterocycles. The molecule has 0 saturated heterocycles. The summed E-state index contributed by atoms with van der Waals surface area (Å²) >= 11 is 0. The van der Waals surface area contributed by atoms with Crippen LogP contribution in [0, 0.1) is 0 Å². The second kappa shape index (κ2) is 5.15. The predicted octanol–water partition coefficient (Wildman–Crippen LogP) is 0.763. The van der Waals surface area contributed by atoms with Gasteiger partial charge in [0.25, 0.3) is 0 Å². The highest BCUT2D eigenvalue weighted by molar-refractivity contribution is 5.72. The standard InChI is InChI=1S/C10H11N5O2/c1-2-3-10(16)17-8-4-5-9(11-6-8)15-7-12-13-14-15/h4-7H,2-3H2,1H3. The summed E-state index contributed by atoms with van der Waals surface area (Å²) in [5, 5.41) is 10.7. The van der Waals surface area contributed by atoms with Gasteiger partial charge in [-0.1, -0.05) is 6.92 Å². The van der Waals surface area contributed by atoms with Gasteiger partial charge < -0.3 is 4.74 Å². The predicted molar refractivity (Wildman–Crippen MR) is 57.5 cm³/mol. The van der Waals surface area contributed by atoms with Crippen LogP contribution < -0.4 is 4.74 Å². The van der Waals surface area contributed by atoms with Crippen molar-refractivity contribution in [3.05, 3.63) is 24.7 Å². The summed E-state index contributed by atoms with van der Waals surface area (Å²) in [4.78, 5) is 15.3. The molecule has 0 aliphatic rings. The van der Waals surface area contributed by atoms with Gasteiger partial charge in [0, 0.05) is 6.42 Å². The number of carbonyl (C=O) groups is 1. The van der Waals surface area contributed by atoms with Crippen LogP contribution in [0.25, 0.3) is 5.82 Å². The zero-order chi connectivity index (χ0) is 12.1. The van der Waals surface area contributed by atoms with Gasteiger partial charge in [0.15, 0.2) is 5.82 Å². The molecule has 0 atom stereocenters. The van der Waals surface area contributed by atoms with Crippen molar-refractivity contribution in [2.75, 3.05) is 0 Å². The molecule has 7 nitrogen and oxygen atoms in total. The molecular formula is C10H11N5O2. The van der Waals surface area contributed by atoms with Crippen LogP contribution in [-0.4, -0.2) is 31.2 Å². The topological polar surface area (TPSA) is 82.8 Å². The van der Waals surface area contributed by atoms with Crippen LogP contribution in [0.2, 0.25) is 0 Å². The summed E-state index contributed by atoms with van der Waals surface area (Å²) in [7, 11) is 0. The molecular weight excluding hydrogens is 222 g/mol. The number of esters is 1. The van der Waals surface area contributed by atoms with Gasteiger partial charge in [0.05, 0.1) is 6.20 Å². The van der Waals surface area contributed by atoms with Gasteiger partial charge >= 0.3 is 5.97 Å². The van der Waals surface area contributed by atoms with Gasteiger partial charge in [-0.3, -0.25) is 4.79 Å². The molecule has 0 N–H and O–H groups in total. The second-order valence-electron chi connectivity index (χ2n) is 3.33. The van der Waals surface area contributed by atoms with E-state index in [-0.39, 0.29) is 5.97 Å². The molecule has 0 saturated carbocycles. The fraction of sp³-hybridized carbons (Fsp3) is 0.300. The van der Waals surface area contributed by atoms with Crippen molar-refractivity contribution in [1.29, 1.82) is 0 Å². The average Bonchev–Trinajstić information content (AvgIpc) is 2.84. The second-order valence-corrected chi connectivity index (χ2v) is 3.33. The van der Waals surface area contributed by atoms with Gasteiger partial charge in [0.2, 0.25) is 0 Å². The van der Waals surface area contributed by atoms with Crippen LogP contribution >= 0.6 is 0 Å². The molecule has 0 fully saturated rings. The number of aromatic nitrogens is 5. The van der Waals surface area contributed by atoms with Crippen molar-refractivity contribution in [3.63, 3.8) is 0 Å². The van der Waals surface area contributed by atoms with E-state index in [9.17, 15) is 4.79 Å². The van der Waals surface area contributed by atoms with Gasteiger partial charge in [-0.05, 0) is 29.0 Å². The van der Waals surface area contributed by atoms with Crippen molar-refractivity contribution >= 4 is 5.97 Å². The number of rotatable bonds is 4. The molecule has 2 rings (SSSR count). The van der Waals surface area contributed by atoms with Crippen LogP contribution in [0.4, 0.5) is 0 Å². The first kappa shape index (κ1) is 11.2. The Morgan fingerprint density at radius 2 is 2.35 bits per heavy atom. The third-order valence-corrected chi connectivity index (χ3v) is 1.99. The number of carbonyl (C=O) groups excluding carboxylic acids is 1. The molecule has 88 valence electrons. The third-order valence-electron chi connectivity index (χ3n) is 1.99. The Hall–Kier alpha value is -2.31. The van der Waals surface area contributed by atoms with Gasteiger partial charge in [-0.2, -0.15) is 4.68 Å². The highest BCUT2D eigenvalue weighted by atomic mass is 16.5. The molecule has 0 aliphatic carbocycles. The molecule has 0 amide bonds. The van der Waals surface area contributed by atoms with E-state index in [1.807, 2.05) is 6.92 Å². The minimum absolute atomic E-state index is 0.260. The fourth-order valence-corrected chi connectivity index (χ4v) is 1.22. The van der Waals surface area contributed by atoms with Gasteiger partial charge in [0.1, 0.15) is 12.1 Å². The molecule has 0 aromatic carbocycles. The average molecular weight is 233 g/mol. The zero-order valence-electron chi connectivity index (χ0n) is 9.28. The lowest BCUT2D eigenvalue weighted by atomic mass is 10.3. The number of nitrogens with zero attached hydrogens (tertiary/aromatic N) is 5. The highest BCUT2D eigenvalue weighted by Gasteiger charge is 2.04. The summed E-state index contributed by atoms with van der Waals surface area (Å²) in [5.74, 6) is 0.718. The van der Waals surface area contributed by atoms with Crippen LogP contribution in [0.5, 0.6) is 5.75 Å². The van der Waals surface area contributed by atoms with Crippen molar-refractivity contribution in [3.8, 4) is 11.6 Å². The lowest BCUT2D eigenvalue weighted by molar-refractivity contribution is -0.134. The summed E-state index contributed by atoms with van der Waals surface area (Å²) in [6.45, 7) is 1.92. The molecule has 7 heteroatoms. The third kappa shape index (κ3) is 2.83. The number of ether oxygens (including phenoxy) is 1. The highest BCUT2D eigenvalue weighted by Crippen LogP contribution is 2.11. The quantitative estimate of drug-likeness (QED) is 0.725. The first-order valence-corrected chi connectivity index (χ1v) is 5.19. The van der Waals surface area contributed by atoms with Gasteiger partial charge in [-0.15, -0.1) is 5.10 Å². The Kier molecular flexibility index (Phi) is 3.39. The summed E-state index contributed by atoms with van der Waals surface area (Å²) < 4.78 is 6.48.